The molecule has 1 aliphatic carbocycles. The number of carbonyl (C=O) groups excluding carboxylic acids is 1. The predicted octanol–water partition coefficient (Wildman–Crippen LogP) is 3.09. The van der Waals surface area contributed by atoms with Crippen molar-refractivity contribution in [2.75, 3.05) is 26.8 Å². The van der Waals surface area contributed by atoms with Crippen LogP contribution in [0.15, 0.2) is 22.7 Å². The van der Waals surface area contributed by atoms with Crippen LogP contribution >= 0.6 is 15.9 Å². The predicted molar refractivity (Wildman–Crippen MR) is 74.6 cm³/mol. The van der Waals surface area contributed by atoms with Crippen LogP contribution in [0.2, 0.25) is 0 Å². The van der Waals surface area contributed by atoms with Crippen molar-refractivity contribution >= 4 is 21.8 Å². The molecule has 0 radical (unpaired) electrons. The molecule has 2 rings (SSSR count). The fourth-order valence-corrected chi connectivity index (χ4v) is 2.24. The van der Waals surface area contributed by atoms with Gasteiger partial charge in [-0.05, 0) is 46.8 Å². The minimum absolute atomic E-state index is 0.0761. The summed E-state index contributed by atoms with van der Waals surface area (Å²) in [5, 5.41) is 0. The summed E-state index contributed by atoms with van der Waals surface area (Å²) in [5.41, 5.74) is 0.0761. The van der Waals surface area contributed by atoms with Crippen molar-refractivity contribution in [1.29, 1.82) is 0 Å². The average Bonchev–Trinajstić information content (AvgIpc) is 3.18. The highest BCUT2D eigenvalue weighted by Crippen LogP contribution is 2.28. The van der Waals surface area contributed by atoms with Gasteiger partial charge in [-0.25, -0.2) is 4.39 Å². The smallest absolute Gasteiger partial charge is 0.257 e. The van der Waals surface area contributed by atoms with Gasteiger partial charge in [0.1, 0.15) is 5.82 Å². The van der Waals surface area contributed by atoms with Crippen molar-refractivity contribution in [1.82, 2.24) is 4.90 Å². The van der Waals surface area contributed by atoms with Crippen molar-refractivity contribution in [3.8, 4) is 0 Å². The number of likely N-dealkylation sites (N-methyl/N-ethyl adjacent to an activating group) is 1. The van der Waals surface area contributed by atoms with E-state index in [-0.39, 0.29) is 11.5 Å². The average molecular weight is 330 g/mol. The topological polar surface area (TPSA) is 29.5 Å². The molecule has 0 aromatic heterocycles. The van der Waals surface area contributed by atoms with E-state index in [4.69, 9.17) is 4.74 Å². The Morgan fingerprint density at radius 3 is 2.89 bits per heavy atom. The third kappa shape index (κ3) is 4.01. The molecular formula is C14H17BrFNO2. The third-order valence-corrected chi connectivity index (χ3v) is 3.81. The van der Waals surface area contributed by atoms with Gasteiger partial charge >= 0.3 is 0 Å². The monoisotopic (exact) mass is 329 g/mol. The Balaban J connectivity index is 1.86. The molecule has 0 unspecified atom stereocenters. The molecule has 0 heterocycles. The maximum absolute atomic E-state index is 13.7. The Morgan fingerprint density at radius 2 is 2.26 bits per heavy atom. The summed E-state index contributed by atoms with van der Waals surface area (Å²) in [6.07, 6.45) is 2.49. The largest absolute Gasteiger partial charge is 0.379 e. The Morgan fingerprint density at radius 1 is 1.53 bits per heavy atom. The minimum Gasteiger partial charge on any atom is -0.379 e. The fraction of sp³-hybridized carbons (Fsp3) is 0.500. The van der Waals surface area contributed by atoms with Gasteiger partial charge in [-0.3, -0.25) is 4.79 Å². The van der Waals surface area contributed by atoms with E-state index in [9.17, 15) is 9.18 Å². The summed E-state index contributed by atoms with van der Waals surface area (Å²) in [6.45, 7) is 1.72. The maximum Gasteiger partial charge on any atom is 0.257 e. The zero-order valence-electron chi connectivity index (χ0n) is 10.9. The van der Waals surface area contributed by atoms with Gasteiger partial charge < -0.3 is 9.64 Å². The fourth-order valence-electron chi connectivity index (χ4n) is 1.73. The summed E-state index contributed by atoms with van der Waals surface area (Å²) in [5.74, 6) is -0.133. The molecule has 1 fully saturated rings. The van der Waals surface area contributed by atoms with E-state index in [1.54, 1.807) is 19.2 Å². The van der Waals surface area contributed by atoms with E-state index in [0.29, 0.717) is 23.5 Å². The van der Waals surface area contributed by atoms with Crippen molar-refractivity contribution < 1.29 is 13.9 Å². The zero-order valence-corrected chi connectivity index (χ0v) is 12.5. The number of ether oxygens (including phenoxy) is 1. The number of carbonyl (C=O) groups is 1. The normalized spacial score (nSPS) is 14.5. The highest BCUT2D eigenvalue weighted by atomic mass is 79.9. The molecular weight excluding hydrogens is 313 g/mol. The van der Waals surface area contributed by atoms with Gasteiger partial charge in [0.2, 0.25) is 0 Å². The quantitative estimate of drug-likeness (QED) is 0.750. The van der Waals surface area contributed by atoms with Crippen LogP contribution in [0.3, 0.4) is 0 Å². The second kappa shape index (κ2) is 6.48. The van der Waals surface area contributed by atoms with Gasteiger partial charge in [0, 0.05) is 24.7 Å². The maximum atomic E-state index is 13.7. The van der Waals surface area contributed by atoms with Crippen LogP contribution in [-0.2, 0) is 4.74 Å². The van der Waals surface area contributed by atoms with Gasteiger partial charge in [0.15, 0.2) is 0 Å². The zero-order chi connectivity index (χ0) is 13.8. The Bertz CT molecular complexity index is 443. The Labute approximate surface area is 120 Å². The van der Waals surface area contributed by atoms with Gasteiger partial charge in [0.25, 0.3) is 5.91 Å². The minimum atomic E-state index is -0.509. The molecule has 3 nitrogen and oxygen atoms in total. The lowest BCUT2D eigenvalue weighted by atomic mass is 10.2. The first kappa shape index (κ1) is 14.5. The lowest BCUT2D eigenvalue weighted by Crippen LogP contribution is -2.31. The van der Waals surface area contributed by atoms with Gasteiger partial charge in [-0.2, -0.15) is 0 Å². The second-order valence-electron chi connectivity index (χ2n) is 4.84. The number of hydrogen-bond acceptors (Lipinski definition) is 2. The molecule has 0 aliphatic heterocycles. The van der Waals surface area contributed by atoms with Crippen LogP contribution in [0.5, 0.6) is 0 Å². The third-order valence-electron chi connectivity index (χ3n) is 3.14. The van der Waals surface area contributed by atoms with Gasteiger partial charge in [-0.1, -0.05) is 6.07 Å². The van der Waals surface area contributed by atoms with E-state index in [0.717, 1.165) is 6.61 Å². The van der Waals surface area contributed by atoms with Crippen molar-refractivity contribution in [3.63, 3.8) is 0 Å². The van der Waals surface area contributed by atoms with Crippen molar-refractivity contribution in [3.05, 3.63) is 34.1 Å². The molecule has 0 N–H and O–H groups in total. The molecule has 104 valence electrons. The SMILES string of the molecule is CN(CCOCC1CC1)C(=O)c1c(F)cccc1Br. The number of amides is 1. The summed E-state index contributed by atoms with van der Waals surface area (Å²) in [6, 6.07) is 4.51. The molecule has 19 heavy (non-hydrogen) atoms. The van der Waals surface area contributed by atoms with Crippen molar-refractivity contribution in [2.45, 2.75) is 12.8 Å². The molecule has 0 bridgehead atoms. The van der Waals surface area contributed by atoms with Crippen LogP contribution in [0.4, 0.5) is 4.39 Å². The van der Waals surface area contributed by atoms with E-state index in [1.807, 2.05) is 0 Å². The molecule has 0 saturated heterocycles. The summed E-state index contributed by atoms with van der Waals surface area (Å²) >= 11 is 3.21. The molecule has 1 saturated carbocycles. The summed E-state index contributed by atoms with van der Waals surface area (Å²) in [7, 11) is 1.65. The molecule has 1 amide bonds. The van der Waals surface area contributed by atoms with Crippen LogP contribution in [0.25, 0.3) is 0 Å². The molecule has 0 atom stereocenters. The molecule has 5 heteroatoms. The van der Waals surface area contributed by atoms with E-state index in [1.165, 1.54) is 23.8 Å². The standard InChI is InChI=1S/C14H17BrFNO2/c1-17(7-8-19-9-10-5-6-10)14(18)13-11(15)3-2-4-12(13)16/h2-4,10H,5-9H2,1H3. The highest BCUT2D eigenvalue weighted by molar-refractivity contribution is 9.10. The van der Waals surface area contributed by atoms with E-state index < -0.39 is 5.82 Å². The molecule has 1 aromatic carbocycles. The Hall–Kier alpha value is -0.940. The number of benzene rings is 1. The Kier molecular flexibility index (Phi) is 4.93. The van der Waals surface area contributed by atoms with Crippen LogP contribution in [-0.4, -0.2) is 37.6 Å². The van der Waals surface area contributed by atoms with Gasteiger partial charge in [0.05, 0.1) is 12.2 Å². The first-order valence-electron chi connectivity index (χ1n) is 6.37. The molecule has 1 aromatic rings. The summed E-state index contributed by atoms with van der Waals surface area (Å²) in [4.78, 5) is 13.6. The first-order valence-corrected chi connectivity index (χ1v) is 7.16. The van der Waals surface area contributed by atoms with Gasteiger partial charge in [-0.15, -0.1) is 0 Å². The lowest BCUT2D eigenvalue weighted by molar-refractivity contribution is 0.0676. The van der Waals surface area contributed by atoms with Crippen LogP contribution in [0, 0.1) is 11.7 Å². The first-order chi connectivity index (χ1) is 9.09. The highest BCUT2D eigenvalue weighted by Gasteiger charge is 2.22. The van der Waals surface area contributed by atoms with Crippen molar-refractivity contribution in [2.24, 2.45) is 5.92 Å². The number of halogens is 2. The number of hydrogen-bond donors (Lipinski definition) is 0. The summed E-state index contributed by atoms with van der Waals surface area (Å²) < 4.78 is 19.6. The van der Waals surface area contributed by atoms with Crippen LogP contribution in [0.1, 0.15) is 23.2 Å². The molecule has 1 aliphatic rings. The van der Waals surface area contributed by atoms with E-state index >= 15 is 0 Å². The van der Waals surface area contributed by atoms with E-state index in [2.05, 4.69) is 15.9 Å². The lowest BCUT2D eigenvalue weighted by Gasteiger charge is -2.18. The number of rotatable bonds is 6. The van der Waals surface area contributed by atoms with Crippen LogP contribution < -0.4 is 0 Å². The molecule has 0 spiro atoms. The number of nitrogens with zero attached hydrogens (tertiary/aromatic N) is 1. The second-order valence-corrected chi connectivity index (χ2v) is 5.70.